The lowest BCUT2D eigenvalue weighted by Gasteiger charge is -1.89. The van der Waals surface area contributed by atoms with Crippen LogP contribution in [0.4, 0.5) is 4.39 Å². The Morgan fingerprint density at radius 3 is 2.92 bits per heavy atom. The van der Waals surface area contributed by atoms with Crippen LogP contribution in [0.25, 0.3) is 10.9 Å². The zero-order chi connectivity index (χ0) is 8.72. The number of nitrogens with zero attached hydrogens (tertiary/aromatic N) is 1. The van der Waals surface area contributed by atoms with E-state index in [0.29, 0.717) is 0 Å². The molecule has 2 rings (SSSR count). The lowest BCUT2D eigenvalue weighted by Crippen LogP contribution is -1.93. The van der Waals surface area contributed by atoms with E-state index < -0.39 is 11.4 Å². The van der Waals surface area contributed by atoms with Crippen LogP contribution in [-0.2, 0) is 0 Å². The highest BCUT2D eigenvalue weighted by Crippen LogP contribution is 2.12. The Kier molecular flexibility index (Phi) is 1.21. The molecular weight excluding hydrogens is 165 g/mol. The van der Waals surface area contributed by atoms with Gasteiger partial charge in [0, 0.05) is 0 Å². The van der Waals surface area contributed by atoms with E-state index in [0.717, 1.165) is 6.07 Å². The fourth-order valence-corrected chi connectivity index (χ4v) is 1.05. The molecule has 0 aliphatic rings. The van der Waals surface area contributed by atoms with Crippen LogP contribution < -0.4 is 5.63 Å². The Morgan fingerprint density at radius 1 is 1.50 bits per heavy atom. The molecule has 0 bridgehead atoms. The van der Waals surface area contributed by atoms with E-state index in [1.807, 2.05) is 0 Å². The van der Waals surface area contributed by atoms with Gasteiger partial charge in [-0.3, -0.25) is 0 Å². The van der Waals surface area contributed by atoms with Crippen LogP contribution in [0.2, 0.25) is 0 Å². The van der Waals surface area contributed by atoms with Crippen molar-refractivity contribution >= 4 is 10.9 Å². The number of rotatable bonds is 0. The number of fused-ring (bicyclic) bond motifs is 1. The monoisotopic (exact) mass is 169 g/mol. The van der Waals surface area contributed by atoms with E-state index in [2.05, 4.69) is 4.52 Å². The maximum absolute atomic E-state index is 12.9. The number of aromatic nitrogens is 1. The topological polar surface area (TPSA) is 55.4 Å². The van der Waals surface area contributed by atoms with Crippen molar-refractivity contribution in [2.45, 2.75) is 0 Å². The molecule has 1 N–H and O–H groups in total. The fraction of sp³-hybridized carbons (Fsp3) is 0. The van der Waals surface area contributed by atoms with Gasteiger partial charge in [0.05, 0.1) is 0 Å². The van der Waals surface area contributed by atoms with Crippen molar-refractivity contribution in [1.82, 2.24) is 4.90 Å². The summed E-state index contributed by atoms with van der Waals surface area (Å²) in [6.07, 6.45) is 0. The highest BCUT2D eigenvalue weighted by molar-refractivity contribution is 5.77. The Labute approximate surface area is 65.4 Å². The Balaban J connectivity index is 3.09. The van der Waals surface area contributed by atoms with Crippen LogP contribution in [0, 0.1) is 5.82 Å². The van der Waals surface area contributed by atoms with Gasteiger partial charge in [-0.2, -0.15) is 0 Å². The quantitative estimate of drug-likeness (QED) is 0.598. The van der Waals surface area contributed by atoms with Crippen LogP contribution in [0.5, 0.6) is 0 Å². The summed E-state index contributed by atoms with van der Waals surface area (Å²) in [5.74, 6) is -0.700. The summed E-state index contributed by atoms with van der Waals surface area (Å²) in [7, 11) is 0. The van der Waals surface area contributed by atoms with Gasteiger partial charge in [-0.05, 0) is 17.0 Å². The normalized spacial score (nSPS) is 10.8. The van der Waals surface area contributed by atoms with Crippen molar-refractivity contribution in [1.29, 1.82) is 0 Å². The molecule has 12 heavy (non-hydrogen) atoms. The van der Waals surface area contributed by atoms with E-state index in [1.165, 1.54) is 12.1 Å². The van der Waals surface area contributed by atoms with Crippen LogP contribution in [-0.4, -0.2) is 10.1 Å². The summed E-state index contributed by atoms with van der Waals surface area (Å²) in [5, 5.41) is 8.66. The molecule has 0 aliphatic carbocycles. The maximum Gasteiger partial charge on any atom is 0.372 e. The second-order valence-corrected chi connectivity index (χ2v) is 2.29. The van der Waals surface area contributed by atoms with E-state index >= 15 is 0 Å². The first-order valence-electron chi connectivity index (χ1n) is 3.20. The minimum atomic E-state index is -0.884. The molecule has 0 saturated carbocycles. The van der Waals surface area contributed by atoms with Crippen molar-refractivity contribution in [3.8, 4) is 0 Å². The van der Waals surface area contributed by atoms with E-state index in [9.17, 15) is 9.18 Å². The van der Waals surface area contributed by atoms with Crippen molar-refractivity contribution in [2.24, 2.45) is 0 Å². The number of benzene rings is 1. The molecule has 4 nitrogen and oxygen atoms in total. The fourth-order valence-electron chi connectivity index (χ4n) is 1.05. The van der Waals surface area contributed by atoms with E-state index in [-0.39, 0.29) is 15.8 Å². The van der Waals surface area contributed by atoms with Gasteiger partial charge in [-0.25, -0.2) is 9.18 Å². The first-order chi connectivity index (χ1) is 5.70. The first kappa shape index (κ1) is 6.90. The summed E-state index contributed by atoms with van der Waals surface area (Å²) in [5.41, 5.74) is -0.856. The lowest BCUT2D eigenvalue weighted by molar-refractivity contribution is 0.0142. The van der Waals surface area contributed by atoms with Gasteiger partial charge < -0.3 is 9.73 Å². The molecule has 2 aromatic rings. The average molecular weight is 169 g/mol. The van der Waals surface area contributed by atoms with E-state index in [4.69, 9.17) is 5.21 Å². The van der Waals surface area contributed by atoms with Crippen molar-refractivity contribution in [3.05, 3.63) is 34.4 Å². The number of hydrogen-bond donors (Lipinski definition) is 1. The smallest absolute Gasteiger partial charge is 0.372 e. The number of hydrogen-bond acceptors (Lipinski definition) is 3. The minimum Gasteiger partial charge on any atom is -0.400 e. The second kappa shape index (κ2) is 2.10. The molecule has 5 heteroatoms. The van der Waals surface area contributed by atoms with Crippen LogP contribution in [0.1, 0.15) is 0 Å². The predicted octanol–water partition coefficient (Wildman–Crippen LogP) is 0.971. The van der Waals surface area contributed by atoms with Gasteiger partial charge in [0.25, 0.3) is 0 Å². The molecule has 1 aromatic heterocycles. The summed E-state index contributed by atoms with van der Waals surface area (Å²) in [6, 6.07) is 3.88. The van der Waals surface area contributed by atoms with Crippen LogP contribution >= 0.6 is 0 Å². The largest absolute Gasteiger partial charge is 0.400 e. The summed E-state index contributed by atoms with van der Waals surface area (Å²) < 4.78 is 17.1. The standard InChI is InChI=1S/C7H4FNO3/c8-4-2-1-3-5-6(4)7(10)12-9(5)11/h1-3,11H. The zero-order valence-electron chi connectivity index (χ0n) is 5.82. The zero-order valence-corrected chi connectivity index (χ0v) is 5.82. The van der Waals surface area contributed by atoms with Crippen LogP contribution in [0.15, 0.2) is 27.5 Å². The van der Waals surface area contributed by atoms with Gasteiger partial charge in [-0.15, -0.1) is 0 Å². The Hall–Kier alpha value is -1.78. The second-order valence-electron chi connectivity index (χ2n) is 2.29. The molecule has 0 spiro atoms. The lowest BCUT2D eigenvalue weighted by atomic mass is 10.2. The summed E-state index contributed by atoms with van der Waals surface area (Å²) in [6.45, 7) is 0. The highest BCUT2D eigenvalue weighted by Gasteiger charge is 2.11. The molecule has 0 saturated heterocycles. The molecule has 1 heterocycles. The van der Waals surface area contributed by atoms with Crippen molar-refractivity contribution in [3.63, 3.8) is 0 Å². The van der Waals surface area contributed by atoms with Crippen molar-refractivity contribution in [2.75, 3.05) is 0 Å². The molecular formula is C7H4FNO3. The van der Waals surface area contributed by atoms with Gasteiger partial charge in [-0.1, -0.05) is 6.07 Å². The Morgan fingerprint density at radius 2 is 2.25 bits per heavy atom. The predicted molar refractivity (Wildman–Crippen MR) is 37.6 cm³/mol. The van der Waals surface area contributed by atoms with Crippen LogP contribution in [0.3, 0.4) is 0 Å². The molecule has 0 atom stereocenters. The highest BCUT2D eigenvalue weighted by atomic mass is 19.1. The maximum atomic E-state index is 12.9. The van der Waals surface area contributed by atoms with Gasteiger partial charge >= 0.3 is 5.63 Å². The summed E-state index contributed by atoms with van der Waals surface area (Å²) in [4.78, 5) is 11.1. The average Bonchev–Trinajstić information content (AvgIpc) is 2.29. The molecule has 0 radical (unpaired) electrons. The van der Waals surface area contributed by atoms with Crippen molar-refractivity contribution < 1.29 is 14.1 Å². The Bertz CT molecular complexity index is 485. The SMILES string of the molecule is O=c1on(O)c2cccc(F)c12. The van der Waals surface area contributed by atoms with Gasteiger partial charge in [0.15, 0.2) is 0 Å². The van der Waals surface area contributed by atoms with E-state index in [1.54, 1.807) is 0 Å². The third-order valence-electron chi connectivity index (χ3n) is 1.57. The third kappa shape index (κ3) is 0.730. The molecule has 62 valence electrons. The van der Waals surface area contributed by atoms with Gasteiger partial charge in [0.2, 0.25) is 0 Å². The van der Waals surface area contributed by atoms with Gasteiger partial charge in [0.1, 0.15) is 16.7 Å². The summed E-state index contributed by atoms with van der Waals surface area (Å²) >= 11 is 0. The molecule has 0 fully saturated rings. The molecule has 1 aromatic carbocycles. The number of halogens is 1. The molecule has 0 unspecified atom stereocenters. The third-order valence-corrected chi connectivity index (χ3v) is 1.57. The minimum absolute atomic E-state index is 0.0278. The first-order valence-corrected chi connectivity index (χ1v) is 3.20. The molecule has 0 aliphatic heterocycles. The molecule has 0 amide bonds.